The molecule has 1 atom stereocenters. The molecule has 0 aliphatic heterocycles. The summed E-state index contributed by atoms with van der Waals surface area (Å²) in [4.78, 5) is 25.2. The Morgan fingerprint density at radius 1 is 0.575 bits per heavy atom. The van der Waals surface area contributed by atoms with Crippen molar-refractivity contribution in [3.8, 4) is 0 Å². The van der Waals surface area contributed by atoms with E-state index in [1.165, 1.54) is 103 Å². The van der Waals surface area contributed by atoms with E-state index in [4.69, 9.17) is 11.1 Å². The number of halogens is 1. The number of amides is 3. The first-order valence-corrected chi connectivity index (χ1v) is 16.4. The minimum Gasteiger partial charge on any atom is -0.370 e. The zero-order valence-electron chi connectivity index (χ0n) is 26.1. The van der Waals surface area contributed by atoms with Gasteiger partial charge in [-0.25, -0.2) is 4.79 Å². The summed E-state index contributed by atoms with van der Waals surface area (Å²) in [5.74, 6) is -0.226. The molecule has 0 rings (SSSR count). The lowest BCUT2D eigenvalue weighted by Crippen LogP contribution is -2.50. The van der Waals surface area contributed by atoms with E-state index < -0.39 is 6.04 Å². The molecule has 0 aromatic rings. The Kier molecular flexibility index (Phi) is 32.2. The van der Waals surface area contributed by atoms with Crippen LogP contribution in [0.2, 0.25) is 0 Å². The molecule has 0 aliphatic rings. The van der Waals surface area contributed by atoms with Gasteiger partial charge >= 0.3 is 6.03 Å². The van der Waals surface area contributed by atoms with Gasteiger partial charge in [0.25, 0.3) is 0 Å². The lowest BCUT2D eigenvalue weighted by Gasteiger charge is -2.19. The molecule has 238 valence electrons. The van der Waals surface area contributed by atoms with Crippen molar-refractivity contribution in [2.75, 3.05) is 19.6 Å². The van der Waals surface area contributed by atoms with Crippen LogP contribution in [0.3, 0.4) is 0 Å². The third kappa shape index (κ3) is 29.3. The monoisotopic (exact) mass is 588 g/mol. The molecule has 0 radical (unpaired) electrons. The summed E-state index contributed by atoms with van der Waals surface area (Å²) in [7, 11) is 0. The molecule has 0 aliphatic carbocycles. The Labute approximate surface area is 252 Å². The molecule has 7 N–H and O–H groups in total. The molecular weight excluding hydrogens is 524 g/mol. The van der Waals surface area contributed by atoms with E-state index in [2.05, 4.69) is 35.1 Å². The molecule has 0 heterocycles. The lowest BCUT2D eigenvalue weighted by atomic mass is 10.0. The van der Waals surface area contributed by atoms with E-state index in [9.17, 15) is 9.59 Å². The van der Waals surface area contributed by atoms with Crippen molar-refractivity contribution in [1.82, 2.24) is 21.3 Å². The summed E-state index contributed by atoms with van der Waals surface area (Å²) in [5.41, 5.74) is 5.34. The normalized spacial score (nSPS) is 11.3. The quantitative estimate of drug-likeness (QED) is 0.0325. The van der Waals surface area contributed by atoms with Gasteiger partial charge < -0.3 is 27.0 Å². The van der Waals surface area contributed by atoms with Crippen LogP contribution in [0.15, 0.2) is 0 Å². The van der Waals surface area contributed by atoms with Gasteiger partial charge in [-0.1, -0.05) is 129 Å². The van der Waals surface area contributed by atoms with E-state index in [0.717, 1.165) is 25.7 Å². The summed E-state index contributed by atoms with van der Waals surface area (Å²) in [6, 6.07) is -0.876. The molecule has 0 unspecified atom stereocenters. The standard InChI is InChI=1S/C31H64N6O2.ClH/c1-3-5-7-9-11-12-13-14-15-16-17-18-20-22-26-36-31(39)37-28(24-23-27-35-30(32)33)29(38)34-25-21-19-10-8-6-4-2;/h28H,3-27H2,1-2H3,(H,34,38)(H4,32,33,35)(H2,36,37,39);1H/t28-;/m0./s1. The number of hydrogen-bond acceptors (Lipinski definition) is 3. The second-order valence-corrected chi connectivity index (χ2v) is 11.1. The number of carbonyl (C=O) groups is 2. The Morgan fingerprint density at radius 2 is 0.950 bits per heavy atom. The molecule has 0 bridgehead atoms. The minimum absolute atomic E-state index is 0. The average Bonchev–Trinajstić information content (AvgIpc) is 2.91. The smallest absolute Gasteiger partial charge is 0.315 e. The second kappa shape index (κ2) is 31.8. The molecular formula is C31H65ClN6O2. The van der Waals surface area contributed by atoms with Crippen molar-refractivity contribution in [2.24, 2.45) is 5.73 Å². The van der Waals surface area contributed by atoms with Crippen LogP contribution in [0.5, 0.6) is 0 Å². The molecule has 0 saturated heterocycles. The first kappa shape index (κ1) is 40.4. The van der Waals surface area contributed by atoms with Crippen LogP contribution in [0.4, 0.5) is 4.79 Å². The fourth-order valence-electron chi connectivity index (χ4n) is 4.77. The van der Waals surface area contributed by atoms with Gasteiger partial charge in [-0.05, 0) is 25.7 Å². The fraction of sp³-hybridized carbons (Fsp3) is 0.903. The van der Waals surface area contributed by atoms with Gasteiger partial charge in [0.15, 0.2) is 5.96 Å². The highest BCUT2D eigenvalue weighted by Gasteiger charge is 2.20. The zero-order chi connectivity index (χ0) is 28.8. The first-order valence-electron chi connectivity index (χ1n) is 16.4. The first-order chi connectivity index (χ1) is 19.0. The van der Waals surface area contributed by atoms with Crippen LogP contribution >= 0.6 is 12.4 Å². The third-order valence-corrected chi connectivity index (χ3v) is 7.25. The Hall–Kier alpha value is -1.70. The van der Waals surface area contributed by atoms with Gasteiger partial charge in [-0.15, -0.1) is 12.4 Å². The Balaban J connectivity index is 0. The molecule has 0 aromatic carbocycles. The largest absolute Gasteiger partial charge is 0.370 e. The van der Waals surface area contributed by atoms with Gasteiger partial charge in [0.2, 0.25) is 5.91 Å². The molecule has 0 saturated carbocycles. The topological polar surface area (TPSA) is 132 Å². The maximum Gasteiger partial charge on any atom is 0.315 e. The van der Waals surface area contributed by atoms with Crippen LogP contribution < -0.4 is 27.0 Å². The molecule has 0 fully saturated rings. The zero-order valence-corrected chi connectivity index (χ0v) is 26.9. The number of nitrogens with two attached hydrogens (primary N) is 1. The van der Waals surface area contributed by atoms with Crippen LogP contribution in [-0.4, -0.2) is 43.6 Å². The average molecular weight is 589 g/mol. The molecule has 9 heteroatoms. The van der Waals surface area contributed by atoms with E-state index in [-0.39, 0.29) is 30.3 Å². The van der Waals surface area contributed by atoms with Crippen LogP contribution in [0, 0.1) is 5.41 Å². The number of carbonyl (C=O) groups excluding carboxylic acids is 2. The highest BCUT2D eigenvalue weighted by molar-refractivity contribution is 5.87. The SMILES string of the molecule is CCCCCCCCCCCCCCCCNC(=O)N[C@@H](CCCNC(=N)N)C(=O)NCCCCCCCC.Cl. The molecule has 0 spiro atoms. The Morgan fingerprint density at radius 3 is 1.38 bits per heavy atom. The van der Waals surface area contributed by atoms with Crippen molar-refractivity contribution in [3.63, 3.8) is 0 Å². The fourth-order valence-corrected chi connectivity index (χ4v) is 4.77. The highest BCUT2D eigenvalue weighted by Crippen LogP contribution is 2.13. The summed E-state index contributed by atoms with van der Waals surface area (Å²) in [5, 5.41) is 18.8. The summed E-state index contributed by atoms with van der Waals surface area (Å²) in [6.45, 7) is 6.23. The maximum atomic E-state index is 12.7. The van der Waals surface area contributed by atoms with Gasteiger partial charge in [-0.2, -0.15) is 0 Å². The van der Waals surface area contributed by atoms with Gasteiger partial charge in [-0.3, -0.25) is 10.2 Å². The van der Waals surface area contributed by atoms with Crippen LogP contribution in [0.1, 0.15) is 155 Å². The highest BCUT2D eigenvalue weighted by atomic mass is 35.5. The number of urea groups is 1. The maximum absolute atomic E-state index is 12.7. The van der Waals surface area contributed by atoms with Crippen molar-refractivity contribution in [3.05, 3.63) is 0 Å². The molecule has 8 nitrogen and oxygen atoms in total. The number of unbranched alkanes of at least 4 members (excludes halogenated alkanes) is 18. The summed E-state index contributed by atoms with van der Waals surface area (Å²) in [6.07, 6.45) is 26.5. The van der Waals surface area contributed by atoms with Crippen molar-refractivity contribution in [1.29, 1.82) is 5.41 Å². The van der Waals surface area contributed by atoms with Crippen LogP contribution in [0.25, 0.3) is 0 Å². The van der Waals surface area contributed by atoms with Crippen molar-refractivity contribution in [2.45, 2.75) is 161 Å². The van der Waals surface area contributed by atoms with E-state index >= 15 is 0 Å². The summed E-state index contributed by atoms with van der Waals surface area (Å²) < 4.78 is 0. The van der Waals surface area contributed by atoms with E-state index in [1.54, 1.807) is 0 Å². The van der Waals surface area contributed by atoms with Crippen LogP contribution in [-0.2, 0) is 4.79 Å². The predicted octanol–water partition coefficient (Wildman–Crippen LogP) is 7.30. The van der Waals surface area contributed by atoms with Gasteiger partial charge in [0.1, 0.15) is 6.04 Å². The van der Waals surface area contributed by atoms with Crippen molar-refractivity contribution >= 4 is 30.3 Å². The second-order valence-electron chi connectivity index (χ2n) is 11.1. The minimum atomic E-state index is -0.588. The molecule has 40 heavy (non-hydrogen) atoms. The van der Waals surface area contributed by atoms with E-state index in [0.29, 0.717) is 32.5 Å². The predicted molar refractivity (Wildman–Crippen MR) is 173 cm³/mol. The van der Waals surface area contributed by atoms with Gasteiger partial charge in [0, 0.05) is 19.6 Å². The summed E-state index contributed by atoms with van der Waals surface area (Å²) >= 11 is 0. The number of hydrogen-bond donors (Lipinski definition) is 6. The Bertz CT molecular complexity index is 594. The third-order valence-electron chi connectivity index (χ3n) is 7.25. The van der Waals surface area contributed by atoms with Gasteiger partial charge in [0.05, 0.1) is 0 Å². The van der Waals surface area contributed by atoms with E-state index in [1.807, 2.05) is 0 Å². The lowest BCUT2D eigenvalue weighted by molar-refractivity contribution is -0.123. The molecule has 0 aromatic heterocycles. The van der Waals surface area contributed by atoms with Crippen molar-refractivity contribution < 1.29 is 9.59 Å². The molecule has 3 amide bonds. The number of guanidine groups is 1. The number of rotatable bonds is 28. The number of nitrogens with one attached hydrogen (secondary N) is 5.